The van der Waals surface area contributed by atoms with E-state index in [0.717, 1.165) is 35.4 Å². The number of benzene rings is 1. The highest BCUT2D eigenvalue weighted by Crippen LogP contribution is 2.24. The average Bonchev–Trinajstić information content (AvgIpc) is 2.72. The van der Waals surface area contributed by atoms with Crippen LogP contribution in [0.15, 0.2) is 42.7 Å². The average molecular weight is 397 g/mol. The second-order valence-corrected chi connectivity index (χ2v) is 7.11. The first kappa shape index (κ1) is 18.4. The predicted octanol–water partition coefficient (Wildman–Crippen LogP) is 2.96. The van der Waals surface area contributed by atoms with Gasteiger partial charge in [-0.1, -0.05) is 29.8 Å². The van der Waals surface area contributed by atoms with Crippen LogP contribution in [0.2, 0.25) is 5.02 Å². The summed E-state index contributed by atoms with van der Waals surface area (Å²) in [5.74, 6) is 1.52. The normalized spacial score (nSPS) is 14.4. The Morgan fingerprint density at radius 2 is 1.93 bits per heavy atom. The van der Waals surface area contributed by atoms with Crippen molar-refractivity contribution in [3.8, 4) is 0 Å². The molecule has 0 spiro atoms. The molecule has 4 rings (SSSR count). The summed E-state index contributed by atoms with van der Waals surface area (Å²) in [6, 6.07) is 9.58. The molecule has 1 N–H and O–H groups in total. The number of hydrogen-bond acceptors (Lipinski definition) is 6. The lowest BCUT2D eigenvalue weighted by Gasteiger charge is -2.35. The van der Waals surface area contributed by atoms with Crippen molar-refractivity contribution < 1.29 is 4.79 Å². The van der Waals surface area contributed by atoms with E-state index in [-0.39, 0.29) is 5.91 Å². The van der Waals surface area contributed by atoms with Crippen molar-refractivity contribution in [1.82, 2.24) is 19.9 Å². The van der Waals surface area contributed by atoms with Gasteiger partial charge in [-0.05, 0) is 17.7 Å². The molecule has 3 heterocycles. The monoisotopic (exact) mass is 396 g/mol. The molecule has 0 aliphatic carbocycles. The molecule has 1 aromatic carbocycles. The Hall–Kier alpha value is -2.93. The van der Waals surface area contributed by atoms with E-state index in [9.17, 15) is 4.79 Å². The molecule has 0 radical (unpaired) electrons. The second kappa shape index (κ2) is 7.98. The molecular formula is C20H21ClN6O. The third-order valence-corrected chi connectivity index (χ3v) is 5.28. The Morgan fingerprint density at radius 3 is 2.68 bits per heavy atom. The minimum Gasteiger partial charge on any atom is -0.352 e. The summed E-state index contributed by atoms with van der Waals surface area (Å²) < 4.78 is 0. The molecule has 0 atom stereocenters. The zero-order valence-electron chi connectivity index (χ0n) is 15.6. The number of hydrogen-bond donors (Lipinski definition) is 1. The molecule has 28 heavy (non-hydrogen) atoms. The van der Waals surface area contributed by atoms with E-state index in [1.807, 2.05) is 35.2 Å². The summed E-state index contributed by atoms with van der Waals surface area (Å²) in [6.45, 7) is 5.06. The predicted molar refractivity (Wildman–Crippen MR) is 111 cm³/mol. The van der Waals surface area contributed by atoms with E-state index in [1.54, 1.807) is 19.3 Å². The Morgan fingerprint density at radius 1 is 1.14 bits per heavy atom. The smallest absolute Gasteiger partial charge is 0.223 e. The van der Waals surface area contributed by atoms with Crippen LogP contribution in [0.1, 0.15) is 12.5 Å². The molecule has 1 saturated heterocycles. The van der Waals surface area contributed by atoms with Crippen LogP contribution in [0.3, 0.4) is 0 Å². The molecule has 0 saturated carbocycles. The SMILES string of the molecule is CC(=O)N1CCN(c2nccc3nc(NCc4ccccc4Cl)ncc23)CC1. The van der Waals surface area contributed by atoms with Crippen LogP contribution in [0, 0.1) is 0 Å². The van der Waals surface area contributed by atoms with Gasteiger partial charge in [0.25, 0.3) is 0 Å². The molecule has 1 aliphatic rings. The van der Waals surface area contributed by atoms with Gasteiger partial charge in [-0.15, -0.1) is 0 Å². The van der Waals surface area contributed by atoms with Gasteiger partial charge in [-0.3, -0.25) is 4.79 Å². The lowest BCUT2D eigenvalue weighted by molar-refractivity contribution is -0.129. The highest BCUT2D eigenvalue weighted by atomic mass is 35.5. The lowest BCUT2D eigenvalue weighted by Crippen LogP contribution is -2.48. The molecule has 144 valence electrons. The zero-order valence-corrected chi connectivity index (χ0v) is 16.4. The van der Waals surface area contributed by atoms with Crippen molar-refractivity contribution in [2.45, 2.75) is 13.5 Å². The van der Waals surface area contributed by atoms with Gasteiger partial charge in [0.15, 0.2) is 0 Å². The molecular weight excluding hydrogens is 376 g/mol. The summed E-state index contributed by atoms with van der Waals surface area (Å²) in [5, 5.41) is 4.85. The summed E-state index contributed by atoms with van der Waals surface area (Å²) >= 11 is 6.20. The van der Waals surface area contributed by atoms with Gasteiger partial charge in [0.05, 0.1) is 10.9 Å². The third kappa shape index (κ3) is 3.84. The molecule has 2 aromatic heterocycles. The van der Waals surface area contributed by atoms with Crippen LogP contribution in [-0.2, 0) is 11.3 Å². The van der Waals surface area contributed by atoms with Crippen LogP contribution in [0.5, 0.6) is 0 Å². The van der Waals surface area contributed by atoms with Gasteiger partial charge >= 0.3 is 0 Å². The van der Waals surface area contributed by atoms with Crippen molar-refractivity contribution in [3.05, 3.63) is 53.3 Å². The number of fused-ring (bicyclic) bond motifs is 1. The number of pyridine rings is 1. The molecule has 3 aromatic rings. The Kier molecular flexibility index (Phi) is 5.25. The highest BCUT2D eigenvalue weighted by Gasteiger charge is 2.21. The molecule has 1 amide bonds. The zero-order chi connectivity index (χ0) is 19.5. The Bertz CT molecular complexity index is 1000. The maximum absolute atomic E-state index is 11.5. The first-order valence-corrected chi connectivity index (χ1v) is 9.59. The summed E-state index contributed by atoms with van der Waals surface area (Å²) in [4.78, 5) is 29.2. The third-order valence-electron chi connectivity index (χ3n) is 4.91. The van der Waals surface area contributed by atoms with Gasteiger partial charge in [-0.25, -0.2) is 15.0 Å². The number of aromatic nitrogens is 3. The van der Waals surface area contributed by atoms with Gasteiger partial charge < -0.3 is 15.1 Å². The molecule has 1 aliphatic heterocycles. The summed E-state index contributed by atoms with van der Waals surface area (Å²) in [5.41, 5.74) is 1.82. The first-order valence-electron chi connectivity index (χ1n) is 9.21. The summed E-state index contributed by atoms with van der Waals surface area (Å²) in [7, 11) is 0. The van der Waals surface area contributed by atoms with Crippen molar-refractivity contribution in [3.63, 3.8) is 0 Å². The number of amides is 1. The summed E-state index contributed by atoms with van der Waals surface area (Å²) in [6.07, 6.45) is 3.57. The van der Waals surface area contributed by atoms with Crippen LogP contribution < -0.4 is 10.2 Å². The van der Waals surface area contributed by atoms with Crippen molar-refractivity contribution in [2.24, 2.45) is 0 Å². The fourth-order valence-corrected chi connectivity index (χ4v) is 3.53. The maximum atomic E-state index is 11.5. The maximum Gasteiger partial charge on any atom is 0.223 e. The minimum atomic E-state index is 0.114. The van der Waals surface area contributed by atoms with Crippen molar-refractivity contribution in [2.75, 3.05) is 36.4 Å². The Labute approximate surface area is 168 Å². The molecule has 7 nitrogen and oxygen atoms in total. The number of piperazine rings is 1. The van der Waals surface area contributed by atoms with Crippen molar-refractivity contribution >= 4 is 40.2 Å². The van der Waals surface area contributed by atoms with Crippen LogP contribution in [0.25, 0.3) is 10.9 Å². The van der Waals surface area contributed by atoms with Crippen LogP contribution in [-0.4, -0.2) is 51.9 Å². The molecule has 0 unspecified atom stereocenters. The number of carbonyl (C=O) groups excluding carboxylic acids is 1. The second-order valence-electron chi connectivity index (χ2n) is 6.70. The van der Waals surface area contributed by atoms with E-state index in [2.05, 4.69) is 25.2 Å². The number of anilines is 2. The number of rotatable bonds is 4. The van der Waals surface area contributed by atoms with Gasteiger partial charge in [0.2, 0.25) is 11.9 Å². The standard InChI is InChI=1S/C20H21ClN6O/c1-14(28)26-8-10-27(11-9-26)19-16-13-24-20(25-18(16)6-7-22-19)23-12-15-4-2-3-5-17(15)21/h2-7,13H,8-12H2,1H3,(H,23,24,25). The van der Waals surface area contributed by atoms with E-state index in [1.165, 1.54) is 0 Å². The lowest BCUT2D eigenvalue weighted by atomic mass is 10.2. The fraction of sp³-hybridized carbons (Fsp3) is 0.300. The fourth-order valence-electron chi connectivity index (χ4n) is 3.33. The van der Waals surface area contributed by atoms with Gasteiger partial charge in [0, 0.05) is 57.1 Å². The quantitative estimate of drug-likeness (QED) is 0.730. The number of nitrogens with one attached hydrogen (secondary N) is 1. The minimum absolute atomic E-state index is 0.114. The highest BCUT2D eigenvalue weighted by molar-refractivity contribution is 6.31. The van der Waals surface area contributed by atoms with Gasteiger partial charge in [-0.2, -0.15) is 0 Å². The van der Waals surface area contributed by atoms with Crippen LogP contribution in [0.4, 0.5) is 11.8 Å². The van der Waals surface area contributed by atoms with Gasteiger partial charge in [0.1, 0.15) is 5.82 Å². The van der Waals surface area contributed by atoms with E-state index < -0.39 is 0 Å². The topological polar surface area (TPSA) is 74.2 Å². The number of nitrogens with zero attached hydrogens (tertiary/aromatic N) is 5. The largest absolute Gasteiger partial charge is 0.352 e. The number of halogens is 1. The molecule has 0 bridgehead atoms. The van der Waals surface area contributed by atoms with Crippen LogP contribution >= 0.6 is 11.6 Å². The van der Waals surface area contributed by atoms with Crippen molar-refractivity contribution in [1.29, 1.82) is 0 Å². The Balaban J connectivity index is 1.52. The molecule has 1 fully saturated rings. The molecule has 8 heteroatoms. The van der Waals surface area contributed by atoms with E-state index >= 15 is 0 Å². The van der Waals surface area contributed by atoms with E-state index in [0.29, 0.717) is 30.6 Å². The first-order chi connectivity index (χ1) is 13.6. The van der Waals surface area contributed by atoms with E-state index in [4.69, 9.17) is 11.6 Å². The number of carbonyl (C=O) groups is 1.